The van der Waals surface area contributed by atoms with Crippen molar-refractivity contribution in [1.82, 2.24) is 0 Å². The Balaban J connectivity index is 2.26. The fourth-order valence-electron chi connectivity index (χ4n) is 2.64. The molecule has 0 N–H and O–H groups in total. The molecular formula is C19H16O2. The highest BCUT2D eigenvalue weighted by molar-refractivity contribution is 6.03. The molecule has 3 rings (SSSR count). The molecule has 2 aromatic rings. The standard InChI is InChI=1S/C19H16O2/c1-2-14-13-21-19(20)18(14)17(15-9-5-3-6-10-15)16-11-7-4-8-12-16/h2-12,14H,1,13H2. The maximum absolute atomic E-state index is 12.2. The van der Waals surface area contributed by atoms with Crippen LogP contribution in [0.25, 0.3) is 5.57 Å². The van der Waals surface area contributed by atoms with E-state index in [1.54, 1.807) is 6.08 Å². The fourth-order valence-corrected chi connectivity index (χ4v) is 2.64. The zero-order chi connectivity index (χ0) is 14.7. The third-order valence-corrected chi connectivity index (χ3v) is 3.66. The van der Waals surface area contributed by atoms with Crippen molar-refractivity contribution in [1.29, 1.82) is 0 Å². The predicted octanol–water partition coefficient (Wildman–Crippen LogP) is 3.85. The molecule has 0 bridgehead atoms. The second-order valence-corrected chi connectivity index (χ2v) is 4.96. The molecule has 2 nitrogen and oxygen atoms in total. The SMILES string of the molecule is C=CC1COC(=O)C1=C(c1ccccc1)c1ccccc1. The largest absolute Gasteiger partial charge is 0.461 e. The van der Waals surface area contributed by atoms with Gasteiger partial charge < -0.3 is 4.74 Å². The number of carbonyl (C=O) groups excluding carboxylic acids is 1. The summed E-state index contributed by atoms with van der Waals surface area (Å²) in [4.78, 5) is 12.2. The molecule has 1 aliphatic heterocycles. The summed E-state index contributed by atoms with van der Waals surface area (Å²) in [5.41, 5.74) is 3.67. The van der Waals surface area contributed by atoms with E-state index in [2.05, 4.69) is 6.58 Å². The van der Waals surface area contributed by atoms with E-state index >= 15 is 0 Å². The highest BCUT2D eigenvalue weighted by Crippen LogP contribution is 2.34. The maximum atomic E-state index is 12.2. The molecule has 0 aromatic heterocycles. The summed E-state index contributed by atoms with van der Waals surface area (Å²) >= 11 is 0. The molecule has 104 valence electrons. The Bertz CT molecular complexity index is 643. The molecular weight excluding hydrogens is 260 g/mol. The van der Waals surface area contributed by atoms with Crippen LogP contribution in [0, 0.1) is 5.92 Å². The van der Waals surface area contributed by atoms with Gasteiger partial charge in [0.25, 0.3) is 0 Å². The van der Waals surface area contributed by atoms with E-state index in [4.69, 9.17) is 4.74 Å². The molecule has 0 radical (unpaired) electrons. The van der Waals surface area contributed by atoms with Crippen molar-refractivity contribution in [2.24, 2.45) is 5.92 Å². The van der Waals surface area contributed by atoms with Crippen LogP contribution in [0.15, 0.2) is 78.9 Å². The van der Waals surface area contributed by atoms with Crippen molar-refractivity contribution in [2.45, 2.75) is 0 Å². The molecule has 1 heterocycles. The first-order chi connectivity index (χ1) is 10.3. The number of ether oxygens (including phenoxy) is 1. The van der Waals surface area contributed by atoms with Gasteiger partial charge >= 0.3 is 5.97 Å². The van der Waals surface area contributed by atoms with Crippen LogP contribution in [0.1, 0.15) is 11.1 Å². The molecule has 0 amide bonds. The molecule has 1 fully saturated rings. The second-order valence-electron chi connectivity index (χ2n) is 4.96. The summed E-state index contributed by atoms with van der Waals surface area (Å²) in [7, 11) is 0. The van der Waals surface area contributed by atoms with E-state index in [9.17, 15) is 4.79 Å². The van der Waals surface area contributed by atoms with Crippen LogP contribution in [-0.4, -0.2) is 12.6 Å². The van der Waals surface area contributed by atoms with Crippen molar-refractivity contribution in [3.05, 3.63) is 90.0 Å². The van der Waals surface area contributed by atoms with Gasteiger partial charge in [-0.2, -0.15) is 0 Å². The van der Waals surface area contributed by atoms with Crippen molar-refractivity contribution < 1.29 is 9.53 Å². The van der Waals surface area contributed by atoms with Gasteiger partial charge in [0.15, 0.2) is 0 Å². The van der Waals surface area contributed by atoms with Crippen LogP contribution in [0.4, 0.5) is 0 Å². The minimum atomic E-state index is -0.248. The van der Waals surface area contributed by atoms with Crippen LogP contribution < -0.4 is 0 Å². The molecule has 1 aliphatic rings. The van der Waals surface area contributed by atoms with Crippen LogP contribution in [0.3, 0.4) is 0 Å². The number of carbonyl (C=O) groups is 1. The highest BCUT2D eigenvalue weighted by atomic mass is 16.5. The first kappa shape index (κ1) is 13.4. The summed E-state index contributed by atoms with van der Waals surface area (Å²) in [5, 5.41) is 0. The molecule has 2 heteroatoms. The summed E-state index contributed by atoms with van der Waals surface area (Å²) in [6.45, 7) is 4.21. The van der Waals surface area contributed by atoms with E-state index in [-0.39, 0.29) is 11.9 Å². The molecule has 1 atom stereocenters. The van der Waals surface area contributed by atoms with Gasteiger partial charge in [0, 0.05) is 11.5 Å². The molecule has 21 heavy (non-hydrogen) atoms. The van der Waals surface area contributed by atoms with Gasteiger partial charge in [-0.3, -0.25) is 0 Å². The normalized spacial score (nSPS) is 17.4. The Morgan fingerprint density at radius 1 is 1.00 bits per heavy atom. The topological polar surface area (TPSA) is 26.3 Å². The first-order valence-electron chi connectivity index (χ1n) is 6.96. The molecule has 0 aliphatic carbocycles. The third-order valence-electron chi connectivity index (χ3n) is 3.66. The lowest BCUT2D eigenvalue weighted by Crippen LogP contribution is -2.05. The van der Waals surface area contributed by atoms with Gasteiger partial charge in [0.2, 0.25) is 0 Å². The average molecular weight is 276 g/mol. The molecule has 1 unspecified atom stereocenters. The van der Waals surface area contributed by atoms with Crippen molar-refractivity contribution in [2.75, 3.05) is 6.61 Å². The van der Waals surface area contributed by atoms with Gasteiger partial charge in [-0.1, -0.05) is 66.7 Å². The van der Waals surface area contributed by atoms with Crippen molar-refractivity contribution in [3.63, 3.8) is 0 Å². The van der Waals surface area contributed by atoms with Crippen LogP contribution >= 0.6 is 0 Å². The zero-order valence-electron chi connectivity index (χ0n) is 11.7. The van der Waals surface area contributed by atoms with E-state index in [1.165, 1.54) is 0 Å². The smallest absolute Gasteiger partial charge is 0.335 e. The Kier molecular flexibility index (Phi) is 3.69. The monoisotopic (exact) mass is 276 g/mol. The number of esters is 1. The van der Waals surface area contributed by atoms with Crippen LogP contribution in [0.5, 0.6) is 0 Å². The summed E-state index contributed by atoms with van der Waals surface area (Å²) in [6, 6.07) is 19.9. The highest BCUT2D eigenvalue weighted by Gasteiger charge is 2.32. The Morgan fingerprint density at radius 2 is 1.52 bits per heavy atom. The van der Waals surface area contributed by atoms with Crippen molar-refractivity contribution >= 4 is 11.5 Å². The third kappa shape index (κ3) is 2.52. The summed E-state index contributed by atoms with van der Waals surface area (Å²) in [5.74, 6) is -0.310. The van der Waals surface area contributed by atoms with Crippen molar-refractivity contribution in [3.8, 4) is 0 Å². The van der Waals surface area contributed by atoms with E-state index < -0.39 is 0 Å². The minimum Gasteiger partial charge on any atom is -0.461 e. The summed E-state index contributed by atoms with van der Waals surface area (Å²) < 4.78 is 5.22. The quantitative estimate of drug-likeness (QED) is 0.483. The molecule has 2 aromatic carbocycles. The number of rotatable bonds is 3. The van der Waals surface area contributed by atoms with Gasteiger partial charge in [-0.15, -0.1) is 6.58 Å². The van der Waals surface area contributed by atoms with E-state index in [0.29, 0.717) is 12.2 Å². The maximum Gasteiger partial charge on any atom is 0.335 e. The Hall–Kier alpha value is -2.61. The number of benzene rings is 2. The fraction of sp³-hybridized carbons (Fsp3) is 0.105. The number of cyclic esters (lactones) is 1. The molecule has 1 saturated heterocycles. The first-order valence-corrected chi connectivity index (χ1v) is 6.96. The number of hydrogen-bond donors (Lipinski definition) is 0. The zero-order valence-corrected chi connectivity index (χ0v) is 11.7. The summed E-state index contributed by atoms with van der Waals surface area (Å²) in [6.07, 6.45) is 1.78. The van der Waals surface area contributed by atoms with Crippen LogP contribution in [0.2, 0.25) is 0 Å². The van der Waals surface area contributed by atoms with E-state index in [1.807, 2.05) is 60.7 Å². The Morgan fingerprint density at radius 3 is 2.00 bits per heavy atom. The molecule has 0 spiro atoms. The Labute approximate surface area is 124 Å². The van der Waals surface area contributed by atoms with Gasteiger partial charge in [-0.25, -0.2) is 4.79 Å². The van der Waals surface area contributed by atoms with Gasteiger partial charge in [0.1, 0.15) is 6.61 Å². The predicted molar refractivity (Wildman–Crippen MR) is 83.6 cm³/mol. The van der Waals surface area contributed by atoms with Crippen LogP contribution in [-0.2, 0) is 9.53 Å². The van der Waals surface area contributed by atoms with Gasteiger partial charge in [0.05, 0.1) is 5.57 Å². The average Bonchev–Trinajstić information content (AvgIpc) is 2.91. The second kappa shape index (κ2) is 5.80. The lowest BCUT2D eigenvalue weighted by molar-refractivity contribution is -0.135. The minimum absolute atomic E-state index is 0.0621. The lowest BCUT2D eigenvalue weighted by atomic mass is 9.88. The van der Waals surface area contributed by atoms with Gasteiger partial charge in [-0.05, 0) is 11.1 Å². The molecule has 0 saturated carbocycles. The van der Waals surface area contributed by atoms with E-state index in [0.717, 1.165) is 16.7 Å². The number of hydrogen-bond acceptors (Lipinski definition) is 2. The lowest BCUT2D eigenvalue weighted by Gasteiger charge is -2.13.